The van der Waals surface area contributed by atoms with Crippen LogP contribution in [0.3, 0.4) is 0 Å². The van der Waals surface area contributed by atoms with Gasteiger partial charge in [0.2, 0.25) is 17.5 Å². The molecule has 0 bridgehead atoms. The molecule has 4 N–H and O–H groups in total. The lowest BCUT2D eigenvalue weighted by Crippen LogP contribution is -2.40. The first-order valence-electron chi connectivity index (χ1n) is 31.0. The molecular weight excluding hydrogens is 1260 g/mol. The molecule has 0 unspecified atom stereocenters. The molecule has 0 spiro atoms. The molecule has 9 rings (SSSR count). The first-order valence-corrected chi connectivity index (χ1v) is 31.0. The van der Waals surface area contributed by atoms with Gasteiger partial charge in [-0.2, -0.15) is 14.9 Å². The summed E-state index contributed by atoms with van der Waals surface area (Å²) in [5.41, 5.74) is 3.38. The van der Waals surface area contributed by atoms with Crippen LogP contribution in [0.15, 0.2) is 85.2 Å². The summed E-state index contributed by atoms with van der Waals surface area (Å²) >= 11 is 0. The summed E-state index contributed by atoms with van der Waals surface area (Å²) in [6.07, 6.45) is 8.55. The Morgan fingerprint density at radius 2 is 1.46 bits per heavy atom. The Labute approximate surface area is 548 Å². The summed E-state index contributed by atoms with van der Waals surface area (Å²) in [5, 5.41) is 39.3. The number of methoxy groups -OCH3 is 1. The number of rotatable bonds is 40. The number of hydrogen-bond acceptors (Lipinski definition) is 25. The van der Waals surface area contributed by atoms with Crippen molar-refractivity contribution in [3.63, 3.8) is 0 Å². The van der Waals surface area contributed by atoms with Crippen LogP contribution in [0.25, 0.3) is 22.3 Å². The van der Waals surface area contributed by atoms with Gasteiger partial charge < -0.3 is 77.9 Å². The lowest BCUT2D eigenvalue weighted by Gasteiger charge is -2.28. The molecule has 5 aromatic heterocycles. The number of carbonyl (C=O) groups is 4. The zero-order valence-corrected chi connectivity index (χ0v) is 52.7. The third kappa shape index (κ3) is 20.3. The Kier molecular flexibility index (Phi) is 27.4. The number of piperidine rings is 1. The van der Waals surface area contributed by atoms with Crippen LogP contribution < -0.4 is 25.0 Å². The van der Waals surface area contributed by atoms with Gasteiger partial charge in [-0.1, -0.05) is 35.5 Å². The molecule has 2 aliphatic heterocycles. The monoisotopic (exact) mass is 1340 g/mol. The Morgan fingerprint density at radius 1 is 0.802 bits per heavy atom. The summed E-state index contributed by atoms with van der Waals surface area (Å²) in [4.78, 5) is 77.2. The number of H-pyrrole nitrogens is 1. The second-order valence-corrected chi connectivity index (χ2v) is 21.5. The average Bonchev–Trinajstić information content (AvgIpc) is 1.58. The maximum atomic E-state index is 13.9. The number of fused-ring (bicyclic) bond motifs is 1. The van der Waals surface area contributed by atoms with Crippen LogP contribution in [0.5, 0.6) is 11.5 Å². The number of anilines is 2. The summed E-state index contributed by atoms with van der Waals surface area (Å²) in [6, 6.07) is 13.5. The smallest absolute Gasteiger partial charge is 0.313 e. The van der Waals surface area contributed by atoms with Crippen molar-refractivity contribution < 1.29 is 84.8 Å². The minimum Gasteiger partial charge on any atom is -0.494 e. The first kappa shape index (κ1) is 70.9. The molecule has 7 heterocycles. The van der Waals surface area contributed by atoms with E-state index < -0.39 is 52.8 Å². The van der Waals surface area contributed by atoms with E-state index in [0.717, 1.165) is 11.1 Å². The molecule has 2 amide bonds. The van der Waals surface area contributed by atoms with Gasteiger partial charge in [0.25, 0.3) is 17.6 Å². The standard InChI is InChI=1S/C63H74F3N15O15/c1-87-52-36-71-60(56-55(52)49(35-70-56)57(84)62(86)78-13-8-43(9-14-78)48(34-67)42-5-3-2-4-6-42)81-41-72-59(76-81)61(85)73-45-33-47(39-82)80(38-45)53-7-11-68-63(74-53)69-12-17-89-20-23-92-27-28-94-29-30-95-40-46-37-79(77-75-46)15-18-90-21-24-93-26-25-91-22-19-88-16-10-54(83)96-58-50(65)31-44(64)32-51(58)66/h2-7,11,31-32,35-37,41,45,47,70,82H,8-10,12-30,33,38-40H2,1H3,(H,73,85)(H,68,69,74)/t45-,47-/m0/s1. The fourth-order valence-corrected chi connectivity index (χ4v) is 10.3. The van der Waals surface area contributed by atoms with Crippen molar-refractivity contribution in [2.45, 2.75) is 50.9 Å². The number of hydrogen-bond donors (Lipinski definition) is 4. The number of nitrogens with one attached hydrogen (secondary N) is 3. The molecule has 0 radical (unpaired) electrons. The van der Waals surface area contributed by atoms with Gasteiger partial charge in [0.1, 0.15) is 29.4 Å². The predicted molar refractivity (Wildman–Crippen MR) is 333 cm³/mol. The van der Waals surface area contributed by atoms with Crippen LogP contribution in [0, 0.1) is 28.8 Å². The van der Waals surface area contributed by atoms with Crippen molar-refractivity contribution in [1.82, 2.24) is 59.9 Å². The van der Waals surface area contributed by atoms with Gasteiger partial charge in [0.15, 0.2) is 17.5 Å². The largest absolute Gasteiger partial charge is 0.494 e. The van der Waals surface area contributed by atoms with Crippen LogP contribution in [0.1, 0.15) is 57.9 Å². The maximum absolute atomic E-state index is 13.9. The highest BCUT2D eigenvalue weighted by Gasteiger charge is 2.35. The molecule has 7 aromatic rings. The number of amides is 2. The topological polar surface area (TPSA) is 351 Å². The molecule has 33 heteroatoms. The quantitative estimate of drug-likeness (QED) is 0.0106. The normalized spacial score (nSPS) is 14.7. The molecule has 2 aliphatic rings. The molecule has 2 fully saturated rings. The first-order chi connectivity index (χ1) is 46.9. The fourth-order valence-electron chi connectivity index (χ4n) is 10.3. The minimum absolute atomic E-state index is 0.0618. The van der Waals surface area contributed by atoms with E-state index in [4.69, 9.17) is 42.6 Å². The second kappa shape index (κ2) is 37.1. The number of ether oxygens (including phenoxy) is 10. The van der Waals surface area contributed by atoms with Crippen molar-refractivity contribution in [3.8, 4) is 23.4 Å². The van der Waals surface area contributed by atoms with E-state index in [1.54, 1.807) is 23.1 Å². The number of likely N-dealkylation sites (tertiary alicyclic amines) is 1. The zero-order valence-electron chi connectivity index (χ0n) is 52.7. The number of ketones is 1. The number of carbonyl (C=O) groups excluding carboxylic acids is 4. The van der Waals surface area contributed by atoms with E-state index in [0.29, 0.717) is 164 Å². The highest BCUT2D eigenvalue weighted by Crippen LogP contribution is 2.33. The third-order valence-corrected chi connectivity index (χ3v) is 15.0. The molecule has 96 heavy (non-hydrogen) atoms. The molecule has 2 saturated heterocycles. The van der Waals surface area contributed by atoms with Crippen molar-refractivity contribution >= 4 is 51.8 Å². The molecule has 2 atom stereocenters. The van der Waals surface area contributed by atoms with Gasteiger partial charge in [-0.3, -0.25) is 19.2 Å². The number of allylic oxidation sites excluding steroid dienone is 1. The number of aromatic amines is 1. The van der Waals surface area contributed by atoms with Crippen LogP contribution in [0.2, 0.25) is 0 Å². The lowest BCUT2D eigenvalue weighted by atomic mass is 9.93. The molecule has 512 valence electrons. The SMILES string of the molecule is COc1cnc(-n2cnc(C(=O)N[C@H]3C[C@@H](CO)N(c4ccnc(NCCOCCOCCOCCOCc5cn(CCOCCOCCOCCOCCC(=O)Oc6c(F)cc(F)cc6F)nn5)n4)C3)n2)c2[nH]cc(C(=O)C(=O)N3CCC(=C(C#N)c4ccccc4)CC3)c12. The Balaban J connectivity index is 0.579. The van der Waals surface area contributed by atoms with Crippen molar-refractivity contribution in [2.24, 2.45) is 0 Å². The Bertz CT molecular complexity index is 3730. The number of nitrogens with zero attached hydrogens (tertiary/aromatic N) is 12. The predicted octanol–water partition coefficient (Wildman–Crippen LogP) is 3.84. The number of nitriles is 1. The van der Waals surface area contributed by atoms with E-state index in [1.165, 1.54) is 35.4 Å². The number of aromatic nitrogens is 10. The number of halogens is 3. The van der Waals surface area contributed by atoms with Gasteiger partial charge in [-0.25, -0.2) is 32.8 Å². The lowest BCUT2D eigenvalue weighted by molar-refractivity contribution is -0.136. The summed E-state index contributed by atoms with van der Waals surface area (Å²) in [6.45, 7) is 6.47. The van der Waals surface area contributed by atoms with Crippen molar-refractivity contribution in [1.29, 1.82) is 5.26 Å². The van der Waals surface area contributed by atoms with Gasteiger partial charge in [0, 0.05) is 56.7 Å². The van der Waals surface area contributed by atoms with Crippen molar-refractivity contribution in [2.75, 3.05) is 149 Å². The van der Waals surface area contributed by atoms with E-state index in [2.05, 4.69) is 61.8 Å². The molecule has 30 nitrogen and oxygen atoms in total. The molecule has 0 aliphatic carbocycles. The van der Waals surface area contributed by atoms with Crippen LogP contribution in [-0.4, -0.2) is 234 Å². The molecule has 2 aromatic carbocycles. The van der Waals surface area contributed by atoms with Crippen LogP contribution in [-0.2, 0) is 60.6 Å². The van der Waals surface area contributed by atoms with Gasteiger partial charge in [-0.15, -0.1) is 10.2 Å². The van der Waals surface area contributed by atoms with Gasteiger partial charge >= 0.3 is 5.97 Å². The number of aliphatic hydroxyl groups excluding tert-OH is 1. The highest BCUT2D eigenvalue weighted by molar-refractivity contribution is 6.45. The van der Waals surface area contributed by atoms with E-state index >= 15 is 0 Å². The highest BCUT2D eigenvalue weighted by atomic mass is 19.1. The minimum atomic E-state index is -1.32. The fraction of sp³-hybridized carbons (Fsp3) is 0.460. The van der Waals surface area contributed by atoms with E-state index in [1.807, 2.05) is 35.2 Å². The second-order valence-electron chi connectivity index (χ2n) is 21.5. The van der Waals surface area contributed by atoms with E-state index in [9.17, 15) is 42.7 Å². The number of Topliss-reactive ketones (excluding diaryl/α,β-unsaturated/α-hetero) is 1. The average molecular weight is 1340 g/mol. The number of benzene rings is 2. The van der Waals surface area contributed by atoms with Gasteiger partial charge in [-0.05, 0) is 36.5 Å². The van der Waals surface area contributed by atoms with Crippen LogP contribution in [0.4, 0.5) is 24.9 Å². The number of aliphatic hydroxyl groups is 1. The third-order valence-electron chi connectivity index (χ3n) is 15.0. The molecule has 0 saturated carbocycles. The summed E-state index contributed by atoms with van der Waals surface area (Å²) in [7, 11) is 1.42. The Morgan fingerprint density at radius 3 is 2.12 bits per heavy atom. The Hall–Kier alpha value is -9.37. The zero-order chi connectivity index (χ0) is 67.4. The maximum Gasteiger partial charge on any atom is 0.313 e. The van der Waals surface area contributed by atoms with E-state index in [-0.39, 0.29) is 81.5 Å². The number of pyridine rings is 1. The summed E-state index contributed by atoms with van der Waals surface area (Å²) in [5.74, 6) is -6.47. The molecular formula is C63H74F3N15O15. The number of esters is 1. The van der Waals surface area contributed by atoms with Crippen LogP contribution >= 0.6 is 0 Å². The van der Waals surface area contributed by atoms with Crippen molar-refractivity contribution in [3.05, 3.63) is 125 Å². The van der Waals surface area contributed by atoms with Gasteiger partial charge in [0.05, 0.1) is 179 Å². The summed E-state index contributed by atoms with van der Waals surface area (Å²) < 4.78 is 97.7.